The zero-order valence-corrected chi connectivity index (χ0v) is 19.7. The van der Waals surface area contributed by atoms with E-state index in [2.05, 4.69) is 0 Å². The van der Waals surface area contributed by atoms with Gasteiger partial charge in [0.1, 0.15) is 11.5 Å². The van der Waals surface area contributed by atoms with Crippen molar-refractivity contribution in [2.75, 3.05) is 33.5 Å². The average Bonchev–Trinajstić information content (AvgIpc) is 3.09. The number of rotatable bonds is 11. The Kier molecular flexibility index (Phi) is 8.54. The van der Waals surface area contributed by atoms with Gasteiger partial charge in [-0.15, -0.1) is 0 Å². The Morgan fingerprint density at radius 2 is 1.85 bits per heavy atom. The molecule has 34 heavy (non-hydrogen) atoms. The third kappa shape index (κ3) is 5.34. The molecule has 1 atom stereocenters. The molecule has 0 radical (unpaired) electrons. The summed E-state index contributed by atoms with van der Waals surface area (Å²) in [5, 5.41) is 21.4. The minimum absolute atomic E-state index is 0.0248. The summed E-state index contributed by atoms with van der Waals surface area (Å²) in [5.41, 5.74) is 0.887. The van der Waals surface area contributed by atoms with Crippen molar-refractivity contribution in [3.63, 3.8) is 0 Å². The molecule has 1 amide bonds. The summed E-state index contributed by atoms with van der Waals surface area (Å²) < 4.78 is 16.3. The fourth-order valence-corrected chi connectivity index (χ4v) is 3.92. The van der Waals surface area contributed by atoms with Crippen molar-refractivity contribution < 1.29 is 34.0 Å². The minimum atomic E-state index is -0.850. The number of carbonyl (C=O) groups is 2. The normalized spacial score (nSPS) is 17.3. The first-order valence-electron chi connectivity index (χ1n) is 11.4. The van der Waals surface area contributed by atoms with Crippen molar-refractivity contribution in [3.8, 4) is 17.2 Å². The van der Waals surface area contributed by atoms with Gasteiger partial charge in [-0.05, 0) is 49.6 Å². The molecule has 0 bridgehead atoms. The molecule has 3 rings (SSSR count). The topological polar surface area (TPSA) is 106 Å². The van der Waals surface area contributed by atoms with E-state index in [1.807, 2.05) is 6.92 Å². The monoisotopic (exact) mass is 469 g/mol. The van der Waals surface area contributed by atoms with Gasteiger partial charge in [0, 0.05) is 25.8 Å². The zero-order chi connectivity index (χ0) is 24.7. The standard InChI is InChI=1S/C26H31NO7/c1-4-13-34-19-9-6-8-18(15-19)24(29)22-23(17-10-11-20(28)21(16-17)33-5-2)27(12-7-14-32-3)26(31)25(22)30/h6,8-11,15-16,23,28-29H,4-5,7,12-14H2,1-3H3/b24-22-. The van der Waals surface area contributed by atoms with Gasteiger partial charge in [-0.25, -0.2) is 0 Å². The molecule has 0 saturated carbocycles. The molecule has 8 nitrogen and oxygen atoms in total. The van der Waals surface area contributed by atoms with E-state index in [-0.39, 0.29) is 29.4 Å². The van der Waals surface area contributed by atoms with Crippen molar-refractivity contribution in [1.82, 2.24) is 4.90 Å². The van der Waals surface area contributed by atoms with E-state index in [1.54, 1.807) is 50.4 Å². The molecule has 1 aliphatic heterocycles. The molecule has 1 aliphatic rings. The van der Waals surface area contributed by atoms with Crippen LogP contribution in [0.4, 0.5) is 0 Å². The molecule has 1 fully saturated rings. The number of ketones is 1. The van der Waals surface area contributed by atoms with E-state index in [0.29, 0.717) is 43.1 Å². The van der Waals surface area contributed by atoms with E-state index in [0.717, 1.165) is 6.42 Å². The maximum Gasteiger partial charge on any atom is 0.295 e. The number of likely N-dealkylation sites (tertiary alicyclic amines) is 1. The smallest absolute Gasteiger partial charge is 0.295 e. The van der Waals surface area contributed by atoms with Crippen LogP contribution < -0.4 is 9.47 Å². The van der Waals surface area contributed by atoms with Crippen LogP contribution in [0.5, 0.6) is 17.2 Å². The van der Waals surface area contributed by atoms with E-state index < -0.39 is 17.7 Å². The fraction of sp³-hybridized carbons (Fsp3) is 0.385. The average molecular weight is 470 g/mol. The summed E-state index contributed by atoms with van der Waals surface area (Å²) in [7, 11) is 1.56. The lowest BCUT2D eigenvalue weighted by Crippen LogP contribution is -2.31. The van der Waals surface area contributed by atoms with E-state index in [4.69, 9.17) is 14.2 Å². The molecular formula is C26H31NO7. The molecule has 1 saturated heterocycles. The molecule has 2 aromatic carbocycles. The lowest BCUT2D eigenvalue weighted by Gasteiger charge is -2.25. The number of ether oxygens (including phenoxy) is 3. The lowest BCUT2D eigenvalue weighted by atomic mass is 9.95. The van der Waals surface area contributed by atoms with Crippen molar-refractivity contribution in [3.05, 3.63) is 59.2 Å². The molecule has 0 aliphatic carbocycles. The summed E-state index contributed by atoms with van der Waals surface area (Å²) >= 11 is 0. The fourth-order valence-electron chi connectivity index (χ4n) is 3.92. The van der Waals surface area contributed by atoms with Crippen LogP contribution in [0.15, 0.2) is 48.0 Å². The zero-order valence-electron chi connectivity index (χ0n) is 19.7. The third-order valence-electron chi connectivity index (χ3n) is 5.47. The Bertz CT molecular complexity index is 1060. The number of aliphatic hydroxyl groups excluding tert-OH is 1. The predicted octanol–water partition coefficient (Wildman–Crippen LogP) is 4.04. The molecule has 1 heterocycles. The summed E-state index contributed by atoms with van der Waals surface area (Å²) in [6, 6.07) is 10.6. The van der Waals surface area contributed by atoms with Crippen LogP contribution in [0, 0.1) is 0 Å². The minimum Gasteiger partial charge on any atom is -0.507 e. The number of methoxy groups -OCH3 is 1. The number of aliphatic hydroxyl groups is 1. The van der Waals surface area contributed by atoms with Gasteiger partial charge in [-0.3, -0.25) is 9.59 Å². The van der Waals surface area contributed by atoms with E-state index in [1.165, 1.54) is 11.0 Å². The molecule has 0 aromatic heterocycles. The second-order valence-corrected chi connectivity index (χ2v) is 7.88. The number of hydrogen-bond acceptors (Lipinski definition) is 7. The highest BCUT2D eigenvalue weighted by molar-refractivity contribution is 6.46. The van der Waals surface area contributed by atoms with Crippen LogP contribution in [0.25, 0.3) is 5.76 Å². The second-order valence-electron chi connectivity index (χ2n) is 7.88. The highest BCUT2D eigenvalue weighted by Crippen LogP contribution is 2.42. The Hall–Kier alpha value is -3.52. The number of phenols is 1. The van der Waals surface area contributed by atoms with Crippen molar-refractivity contribution >= 4 is 17.4 Å². The van der Waals surface area contributed by atoms with Crippen LogP contribution in [0.2, 0.25) is 0 Å². The number of phenolic OH excluding ortho intramolecular Hbond substituents is 1. The molecule has 2 aromatic rings. The van der Waals surface area contributed by atoms with Gasteiger partial charge in [0.15, 0.2) is 11.5 Å². The van der Waals surface area contributed by atoms with Gasteiger partial charge < -0.3 is 29.3 Å². The van der Waals surface area contributed by atoms with Gasteiger partial charge in [0.25, 0.3) is 11.7 Å². The first-order valence-corrected chi connectivity index (χ1v) is 11.4. The van der Waals surface area contributed by atoms with Gasteiger partial charge in [-0.2, -0.15) is 0 Å². The summed E-state index contributed by atoms with van der Waals surface area (Å²) in [6.45, 7) is 5.29. The maximum absolute atomic E-state index is 13.1. The number of benzene rings is 2. The Morgan fingerprint density at radius 3 is 2.56 bits per heavy atom. The number of aromatic hydroxyl groups is 1. The molecule has 8 heteroatoms. The van der Waals surface area contributed by atoms with Crippen molar-refractivity contribution in [2.24, 2.45) is 0 Å². The first kappa shape index (κ1) is 25.1. The van der Waals surface area contributed by atoms with Gasteiger partial charge >= 0.3 is 0 Å². The number of nitrogens with zero attached hydrogens (tertiary/aromatic N) is 1. The highest BCUT2D eigenvalue weighted by Gasteiger charge is 2.46. The number of hydrogen-bond donors (Lipinski definition) is 2. The van der Waals surface area contributed by atoms with Crippen molar-refractivity contribution in [1.29, 1.82) is 0 Å². The number of carbonyl (C=O) groups excluding carboxylic acids is 2. The Labute approximate surface area is 199 Å². The molecule has 2 N–H and O–H groups in total. The maximum atomic E-state index is 13.1. The second kappa shape index (κ2) is 11.6. The molecular weight excluding hydrogens is 438 g/mol. The van der Waals surface area contributed by atoms with Gasteiger partial charge in [0.05, 0.1) is 24.8 Å². The lowest BCUT2D eigenvalue weighted by molar-refractivity contribution is -0.140. The van der Waals surface area contributed by atoms with Gasteiger partial charge in [0.2, 0.25) is 0 Å². The van der Waals surface area contributed by atoms with E-state index >= 15 is 0 Å². The summed E-state index contributed by atoms with van der Waals surface area (Å²) in [4.78, 5) is 27.6. The third-order valence-corrected chi connectivity index (χ3v) is 5.47. The van der Waals surface area contributed by atoms with Crippen LogP contribution in [-0.2, 0) is 14.3 Å². The summed E-state index contributed by atoms with van der Waals surface area (Å²) in [5.74, 6) is -1.02. The summed E-state index contributed by atoms with van der Waals surface area (Å²) in [6.07, 6.45) is 1.34. The molecule has 0 spiro atoms. The Balaban J connectivity index is 2.12. The molecule has 1 unspecified atom stereocenters. The first-order chi connectivity index (χ1) is 16.4. The van der Waals surface area contributed by atoms with Crippen LogP contribution in [0.1, 0.15) is 43.9 Å². The largest absolute Gasteiger partial charge is 0.507 e. The van der Waals surface area contributed by atoms with Gasteiger partial charge in [-0.1, -0.05) is 25.1 Å². The number of Topliss-reactive ketones (excluding diaryl/α,β-unsaturated/α-hetero) is 1. The predicted molar refractivity (Wildman–Crippen MR) is 127 cm³/mol. The van der Waals surface area contributed by atoms with Crippen LogP contribution in [-0.4, -0.2) is 60.3 Å². The quantitative estimate of drug-likeness (QED) is 0.221. The Morgan fingerprint density at radius 1 is 1.06 bits per heavy atom. The molecule has 182 valence electrons. The van der Waals surface area contributed by atoms with Crippen molar-refractivity contribution in [2.45, 2.75) is 32.7 Å². The van der Waals surface area contributed by atoms with E-state index in [9.17, 15) is 19.8 Å². The highest BCUT2D eigenvalue weighted by atomic mass is 16.5. The number of amides is 1. The SMILES string of the molecule is CCCOc1cccc(/C(O)=C2/C(=O)C(=O)N(CCCOC)C2c2ccc(O)c(OCC)c2)c1. The van der Waals surface area contributed by atoms with Crippen LogP contribution in [0.3, 0.4) is 0 Å². The van der Waals surface area contributed by atoms with Crippen LogP contribution >= 0.6 is 0 Å².